The molecule has 1 atom stereocenters. The molecule has 12 heavy (non-hydrogen) atoms. The monoisotopic (exact) mass is 180 g/mol. The number of fused-ring (bicyclic) bond motifs is 1. The summed E-state index contributed by atoms with van der Waals surface area (Å²) in [6.07, 6.45) is 3.72. The summed E-state index contributed by atoms with van der Waals surface area (Å²) in [6, 6.07) is 6.27. The van der Waals surface area contributed by atoms with Crippen molar-refractivity contribution in [2.45, 2.75) is 32.1 Å². The van der Waals surface area contributed by atoms with Crippen molar-refractivity contribution in [1.29, 1.82) is 0 Å². The Hall–Kier alpha value is -0.490. The summed E-state index contributed by atoms with van der Waals surface area (Å²) in [5.41, 5.74) is 2.89. The highest BCUT2D eigenvalue weighted by Gasteiger charge is 2.22. The molecule has 1 unspecified atom stereocenters. The minimum absolute atomic E-state index is 0.716. The second kappa shape index (κ2) is 3.10. The van der Waals surface area contributed by atoms with Crippen LogP contribution in [-0.2, 0) is 6.42 Å². The Bertz CT molecular complexity index is 291. The Morgan fingerprint density at radius 1 is 1.50 bits per heavy atom. The van der Waals surface area contributed by atoms with Gasteiger partial charge in [0.15, 0.2) is 0 Å². The number of benzene rings is 1. The molecule has 0 amide bonds. The highest BCUT2D eigenvalue weighted by molar-refractivity contribution is 6.31. The summed E-state index contributed by atoms with van der Waals surface area (Å²) >= 11 is 6.14. The molecule has 1 heteroatoms. The Balaban J connectivity index is 2.48. The number of hydrogen-bond acceptors (Lipinski definition) is 0. The Morgan fingerprint density at radius 2 is 2.33 bits per heavy atom. The van der Waals surface area contributed by atoms with Crippen LogP contribution in [0.2, 0.25) is 5.02 Å². The SMILES string of the molecule is CCC1CCc2cccc(Cl)c21. The van der Waals surface area contributed by atoms with E-state index in [1.165, 1.54) is 30.4 Å². The van der Waals surface area contributed by atoms with E-state index in [9.17, 15) is 0 Å². The van der Waals surface area contributed by atoms with Gasteiger partial charge in [0.25, 0.3) is 0 Å². The molecule has 0 saturated heterocycles. The van der Waals surface area contributed by atoms with Gasteiger partial charge in [0, 0.05) is 5.02 Å². The molecule has 1 aromatic carbocycles. The van der Waals surface area contributed by atoms with Crippen LogP contribution in [0.25, 0.3) is 0 Å². The molecule has 0 fully saturated rings. The number of rotatable bonds is 1. The van der Waals surface area contributed by atoms with Crippen LogP contribution in [0.5, 0.6) is 0 Å². The maximum absolute atomic E-state index is 6.14. The van der Waals surface area contributed by atoms with Crippen molar-refractivity contribution in [2.24, 2.45) is 0 Å². The Kier molecular flexibility index (Phi) is 2.10. The summed E-state index contributed by atoms with van der Waals surface area (Å²) < 4.78 is 0. The molecule has 0 saturated carbocycles. The van der Waals surface area contributed by atoms with Crippen LogP contribution in [0, 0.1) is 0 Å². The lowest BCUT2D eigenvalue weighted by Gasteiger charge is -2.09. The first kappa shape index (κ1) is 8.12. The standard InChI is InChI=1S/C11H13Cl/c1-2-8-6-7-9-4-3-5-10(12)11(8)9/h3-5,8H,2,6-7H2,1H3. The normalized spacial score (nSPS) is 21.0. The zero-order valence-electron chi connectivity index (χ0n) is 7.31. The van der Waals surface area contributed by atoms with Crippen molar-refractivity contribution in [3.63, 3.8) is 0 Å². The van der Waals surface area contributed by atoms with Gasteiger partial charge in [-0.05, 0) is 42.4 Å². The molecule has 0 radical (unpaired) electrons. The van der Waals surface area contributed by atoms with Gasteiger partial charge in [-0.15, -0.1) is 0 Å². The average Bonchev–Trinajstić information content (AvgIpc) is 2.49. The summed E-state index contributed by atoms with van der Waals surface area (Å²) in [5, 5.41) is 0.969. The third kappa shape index (κ3) is 1.15. The van der Waals surface area contributed by atoms with E-state index in [4.69, 9.17) is 11.6 Å². The molecule has 0 nitrogen and oxygen atoms in total. The van der Waals surface area contributed by atoms with Gasteiger partial charge in [-0.25, -0.2) is 0 Å². The van der Waals surface area contributed by atoms with E-state index in [1.54, 1.807) is 0 Å². The molecule has 2 rings (SSSR count). The van der Waals surface area contributed by atoms with Crippen molar-refractivity contribution < 1.29 is 0 Å². The molecular formula is C11H13Cl. The van der Waals surface area contributed by atoms with Gasteiger partial charge in [-0.2, -0.15) is 0 Å². The van der Waals surface area contributed by atoms with Crippen LogP contribution in [-0.4, -0.2) is 0 Å². The topological polar surface area (TPSA) is 0 Å². The smallest absolute Gasteiger partial charge is 0.0443 e. The molecular weight excluding hydrogens is 168 g/mol. The predicted molar refractivity (Wildman–Crippen MR) is 52.8 cm³/mol. The van der Waals surface area contributed by atoms with E-state index >= 15 is 0 Å². The van der Waals surface area contributed by atoms with Gasteiger partial charge in [-0.3, -0.25) is 0 Å². The lowest BCUT2D eigenvalue weighted by molar-refractivity contribution is 0.656. The lowest BCUT2D eigenvalue weighted by Crippen LogP contribution is -1.91. The lowest BCUT2D eigenvalue weighted by atomic mass is 9.99. The van der Waals surface area contributed by atoms with Crippen molar-refractivity contribution in [3.8, 4) is 0 Å². The van der Waals surface area contributed by atoms with E-state index in [1.807, 2.05) is 6.07 Å². The van der Waals surface area contributed by atoms with Crippen LogP contribution in [0.3, 0.4) is 0 Å². The third-order valence-corrected chi connectivity index (χ3v) is 3.14. The zero-order valence-corrected chi connectivity index (χ0v) is 8.06. The predicted octanol–water partition coefficient (Wildman–Crippen LogP) is 3.78. The first-order valence-corrected chi connectivity index (χ1v) is 4.98. The second-order valence-corrected chi connectivity index (χ2v) is 3.86. The maximum atomic E-state index is 6.14. The summed E-state index contributed by atoms with van der Waals surface area (Å²) in [6.45, 7) is 2.24. The summed E-state index contributed by atoms with van der Waals surface area (Å²) in [7, 11) is 0. The molecule has 0 spiro atoms. The molecule has 1 aliphatic rings. The molecule has 1 aromatic rings. The molecule has 0 heterocycles. The zero-order chi connectivity index (χ0) is 8.55. The highest BCUT2D eigenvalue weighted by atomic mass is 35.5. The molecule has 64 valence electrons. The maximum Gasteiger partial charge on any atom is 0.0443 e. The summed E-state index contributed by atoms with van der Waals surface area (Å²) in [4.78, 5) is 0. The van der Waals surface area contributed by atoms with Crippen molar-refractivity contribution in [3.05, 3.63) is 34.3 Å². The Morgan fingerprint density at radius 3 is 3.08 bits per heavy atom. The second-order valence-electron chi connectivity index (χ2n) is 3.46. The fourth-order valence-electron chi connectivity index (χ4n) is 2.14. The van der Waals surface area contributed by atoms with E-state index in [0.29, 0.717) is 5.92 Å². The number of halogens is 1. The first-order valence-electron chi connectivity index (χ1n) is 4.60. The molecule has 0 aromatic heterocycles. The molecule has 0 N–H and O–H groups in total. The fourth-order valence-corrected chi connectivity index (χ4v) is 2.49. The van der Waals surface area contributed by atoms with E-state index in [0.717, 1.165) is 5.02 Å². The number of aryl methyl sites for hydroxylation is 1. The van der Waals surface area contributed by atoms with Gasteiger partial charge in [-0.1, -0.05) is 30.7 Å². The van der Waals surface area contributed by atoms with Crippen LogP contribution < -0.4 is 0 Å². The average molecular weight is 181 g/mol. The highest BCUT2D eigenvalue weighted by Crippen LogP contribution is 2.39. The quantitative estimate of drug-likeness (QED) is 0.617. The van der Waals surface area contributed by atoms with Crippen molar-refractivity contribution in [2.75, 3.05) is 0 Å². The minimum Gasteiger partial charge on any atom is -0.0840 e. The largest absolute Gasteiger partial charge is 0.0840 e. The third-order valence-electron chi connectivity index (χ3n) is 2.81. The summed E-state index contributed by atoms with van der Waals surface area (Å²) in [5.74, 6) is 0.716. The van der Waals surface area contributed by atoms with Crippen molar-refractivity contribution >= 4 is 11.6 Å². The Labute approximate surface area is 78.6 Å². The van der Waals surface area contributed by atoms with E-state index < -0.39 is 0 Å². The minimum atomic E-state index is 0.716. The van der Waals surface area contributed by atoms with Gasteiger partial charge >= 0.3 is 0 Å². The fraction of sp³-hybridized carbons (Fsp3) is 0.455. The van der Waals surface area contributed by atoms with Crippen LogP contribution in [0.4, 0.5) is 0 Å². The van der Waals surface area contributed by atoms with Gasteiger partial charge < -0.3 is 0 Å². The van der Waals surface area contributed by atoms with E-state index in [-0.39, 0.29) is 0 Å². The van der Waals surface area contributed by atoms with Crippen LogP contribution in [0.15, 0.2) is 18.2 Å². The number of hydrogen-bond donors (Lipinski definition) is 0. The van der Waals surface area contributed by atoms with Crippen LogP contribution in [0.1, 0.15) is 36.8 Å². The molecule has 1 aliphatic carbocycles. The van der Waals surface area contributed by atoms with Gasteiger partial charge in [0.2, 0.25) is 0 Å². The van der Waals surface area contributed by atoms with Crippen molar-refractivity contribution in [1.82, 2.24) is 0 Å². The van der Waals surface area contributed by atoms with E-state index in [2.05, 4.69) is 19.1 Å². The molecule has 0 aliphatic heterocycles. The molecule has 0 bridgehead atoms. The van der Waals surface area contributed by atoms with Gasteiger partial charge in [0.1, 0.15) is 0 Å². The first-order chi connectivity index (χ1) is 5.83. The van der Waals surface area contributed by atoms with Gasteiger partial charge in [0.05, 0.1) is 0 Å². The van der Waals surface area contributed by atoms with Crippen LogP contribution >= 0.6 is 11.6 Å².